The molecule has 1 heteroatoms. The van der Waals surface area contributed by atoms with Gasteiger partial charge < -0.3 is 4.42 Å². The van der Waals surface area contributed by atoms with E-state index in [1.165, 1.54) is 0 Å². The Bertz CT molecular complexity index is 3560. The van der Waals surface area contributed by atoms with Crippen LogP contribution in [0.4, 0.5) is 0 Å². The zero-order valence-electron chi connectivity index (χ0n) is 35.1. The quantitative estimate of drug-likeness (QED) is 0.136. The molecular formula is C50H30O. The van der Waals surface area contributed by atoms with Crippen LogP contribution in [0.15, 0.2) is 186 Å². The van der Waals surface area contributed by atoms with Crippen molar-refractivity contribution in [3.63, 3.8) is 0 Å². The van der Waals surface area contributed by atoms with Gasteiger partial charge in [0.2, 0.25) is 0 Å². The second-order valence-corrected chi connectivity index (χ2v) is 13.0. The highest BCUT2D eigenvalue weighted by molar-refractivity contribution is 6.27. The van der Waals surface area contributed by atoms with Gasteiger partial charge in [0.25, 0.3) is 0 Å². The van der Waals surface area contributed by atoms with Crippen molar-refractivity contribution in [3.8, 4) is 33.4 Å². The second-order valence-electron chi connectivity index (χ2n) is 13.0. The van der Waals surface area contributed by atoms with Crippen molar-refractivity contribution in [1.29, 1.82) is 0 Å². The zero-order chi connectivity index (χ0) is 40.4. The summed E-state index contributed by atoms with van der Waals surface area (Å²) in [5, 5.41) is 8.51. The Balaban J connectivity index is 1.26. The van der Waals surface area contributed by atoms with Crippen LogP contribution in [0, 0.1) is 0 Å². The molecule has 236 valence electrons. The topological polar surface area (TPSA) is 13.1 Å². The first-order chi connectivity index (χ1) is 28.6. The Hall–Kier alpha value is -6.70. The summed E-state index contributed by atoms with van der Waals surface area (Å²) in [6.07, 6.45) is 0. The first kappa shape index (κ1) is 21.4. The maximum absolute atomic E-state index is 9.49. The second kappa shape index (κ2) is 10.9. The van der Waals surface area contributed by atoms with Crippen LogP contribution in [0.2, 0.25) is 0 Å². The van der Waals surface area contributed by atoms with Crippen molar-refractivity contribution in [3.05, 3.63) is 182 Å². The van der Waals surface area contributed by atoms with E-state index >= 15 is 0 Å². The van der Waals surface area contributed by atoms with Gasteiger partial charge >= 0.3 is 0 Å². The van der Waals surface area contributed by atoms with Gasteiger partial charge in [-0.2, -0.15) is 0 Å². The van der Waals surface area contributed by atoms with E-state index in [0.29, 0.717) is 38.8 Å². The highest BCUT2D eigenvalue weighted by Gasteiger charge is 2.21. The van der Waals surface area contributed by atoms with E-state index in [9.17, 15) is 5.48 Å². The molecule has 1 aromatic heterocycles. The molecule has 0 unspecified atom stereocenters. The zero-order valence-corrected chi connectivity index (χ0v) is 27.1. The van der Waals surface area contributed by atoms with Crippen LogP contribution in [0.3, 0.4) is 0 Å². The summed E-state index contributed by atoms with van der Waals surface area (Å²) in [5.41, 5.74) is 4.82. The van der Waals surface area contributed by atoms with Crippen LogP contribution in [0.5, 0.6) is 0 Å². The molecular weight excluding hydrogens is 617 g/mol. The minimum absolute atomic E-state index is 0.163. The van der Waals surface area contributed by atoms with E-state index in [1.807, 2.05) is 91.0 Å². The summed E-state index contributed by atoms with van der Waals surface area (Å²) in [5.74, 6) is 0. The maximum atomic E-state index is 9.49. The van der Waals surface area contributed by atoms with Crippen LogP contribution >= 0.6 is 0 Å². The molecule has 1 heterocycles. The first-order valence-corrected chi connectivity index (χ1v) is 16.9. The normalized spacial score (nSPS) is 14.1. The fourth-order valence-electron chi connectivity index (χ4n) is 8.05. The Morgan fingerprint density at radius 3 is 1.63 bits per heavy atom. The monoisotopic (exact) mass is 654 g/mol. The molecule has 0 aliphatic rings. The highest BCUT2D eigenvalue weighted by atomic mass is 16.3. The Morgan fingerprint density at radius 1 is 0.353 bits per heavy atom. The lowest BCUT2D eigenvalue weighted by Crippen LogP contribution is -1.91. The third-order valence-electron chi connectivity index (χ3n) is 10.3. The first-order valence-electron chi connectivity index (χ1n) is 20.9. The molecule has 0 saturated heterocycles. The van der Waals surface area contributed by atoms with E-state index in [2.05, 4.69) is 36.4 Å². The lowest BCUT2D eigenvalue weighted by atomic mass is 9.84. The number of hydrogen-bond donors (Lipinski definition) is 0. The number of benzene rings is 10. The minimum atomic E-state index is -0.441. The molecule has 0 fully saturated rings. The van der Waals surface area contributed by atoms with E-state index in [4.69, 9.17) is 9.90 Å². The molecule has 11 aromatic rings. The summed E-state index contributed by atoms with van der Waals surface area (Å²) in [6.45, 7) is 0. The molecule has 11 rings (SSSR count). The average molecular weight is 655 g/mol. The van der Waals surface area contributed by atoms with Crippen molar-refractivity contribution in [2.75, 3.05) is 0 Å². The van der Waals surface area contributed by atoms with Crippen molar-refractivity contribution in [1.82, 2.24) is 0 Å². The van der Waals surface area contributed by atoms with Gasteiger partial charge in [0.15, 0.2) is 0 Å². The summed E-state index contributed by atoms with van der Waals surface area (Å²) in [7, 11) is 0. The highest BCUT2D eigenvalue weighted by Crippen LogP contribution is 2.47. The average Bonchev–Trinajstić information content (AvgIpc) is 3.67. The molecule has 0 spiro atoms. The molecule has 0 atom stereocenters. The summed E-state index contributed by atoms with van der Waals surface area (Å²) < 4.78 is 80.0. The summed E-state index contributed by atoms with van der Waals surface area (Å²) in [6, 6.07) is 40.8. The third-order valence-corrected chi connectivity index (χ3v) is 10.3. The van der Waals surface area contributed by atoms with Gasteiger partial charge in [-0.05, 0) is 94.0 Å². The SMILES string of the molecule is [2H]c1c([2H])c([2H])c2c(-c3cccc4oc5c6ccccc6ccc5c34)c3c([2H])c([2H])c([2H])c([2H])c3c(-c3ccc(-c4cccc5c4ccc4ccccc45)cc3)c2c1[2H]. The van der Waals surface area contributed by atoms with Crippen LogP contribution in [-0.2, 0) is 0 Å². The predicted molar refractivity (Wildman–Crippen MR) is 218 cm³/mol. The lowest BCUT2D eigenvalue weighted by Gasteiger charge is -2.18. The van der Waals surface area contributed by atoms with Crippen molar-refractivity contribution in [2.45, 2.75) is 0 Å². The fourth-order valence-corrected chi connectivity index (χ4v) is 8.05. The number of furan rings is 1. The van der Waals surface area contributed by atoms with Crippen molar-refractivity contribution < 1.29 is 15.4 Å². The molecule has 0 radical (unpaired) electrons. The predicted octanol–water partition coefficient (Wildman–Crippen LogP) is 14.4. The Labute approximate surface area is 305 Å². The van der Waals surface area contributed by atoms with Gasteiger partial charge in [-0.25, -0.2) is 0 Å². The van der Waals surface area contributed by atoms with Crippen molar-refractivity contribution in [2.24, 2.45) is 0 Å². The summed E-state index contributed by atoms with van der Waals surface area (Å²) in [4.78, 5) is 0. The molecule has 0 aliphatic carbocycles. The number of fused-ring (bicyclic) bond motifs is 10. The van der Waals surface area contributed by atoms with Gasteiger partial charge in [-0.3, -0.25) is 0 Å². The van der Waals surface area contributed by atoms with E-state index in [0.717, 1.165) is 48.8 Å². The van der Waals surface area contributed by atoms with E-state index < -0.39 is 24.2 Å². The standard InChI is InChI=1S/C50H30O/c1-3-13-35-31(11-1)27-29-39-36(19-9-20-38(35)39)33-23-25-34(26-24-33)47-40-15-5-7-17-42(40)48(43-18-8-6-16-41(43)47)44-21-10-22-46-49(44)45-30-28-32-12-2-4-14-37(32)50(45)51-46/h1-30H/i5D,6D,7D,8D,15D,16D,17D,18D. The van der Waals surface area contributed by atoms with Gasteiger partial charge in [0.05, 0.1) is 11.0 Å². The summed E-state index contributed by atoms with van der Waals surface area (Å²) >= 11 is 0. The molecule has 0 aliphatic heterocycles. The maximum Gasteiger partial charge on any atom is 0.143 e. The molecule has 0 bridgehead atoms. The van der Waals surface area contributed by atoms with Gasteiger partial charge in [0.1, 0.15) is 11.2 Å². The fraction of sp³-hybridized carbons (Fsp3) is 0. The largest absolute Gasteiger partial charge is 0.455 e. The van der Waals surface area contributed by atoms with Crippen LogP contribution in [0.1, 0.15) is 11.0 Å². The third kappa shape index (κ3) is 4.16. The molecule has 0 amide bonds. The van der Waals surface area contributed by atoms with Crippen LogP contribution in [0.25, 0.3) is 109 Å². The molecule has 0 saturated carbocycles. The number of rotatable bonds is 3. The Morgan fingerprint density at radius 2 is 0.902 bits per heavy atom. The van der Waals surface area contributed by atoms with Gasteiger partial charge in [0, 0.05) is 16.2 Å². The van der Waals surface area contributed by atoms with Crippen molar-refractivity contribution >= 4 is 75.8 Å². The van der Waals surface area contributed by atoms with Crippen LogP contribution in [-0.4, -0.2) is 0 Å². The number of hydrogen-bond acceptors (Lipinski definition) is 1. The van der Waals surface area contributed by atoms with Gasteiger partial charge in [-0.1, -0.05) is 170 Å². The minimum Gasteiger partial charge on any atom is -0.455 e. The smallest absolute Gasteiger partial charge is 0.143 e. The molecule has 0 N–H and O–H groups in total. The van der Waals surface area contributed by atoms with E-state index in [-0.39, 0.29) is 45.7 Å². The Kier molecular flexibility index (Phi) is 4.57. The van der Waals surface area contributed by atoms with Crippen LogP contribution < -0.4 is 0 Å². The van der Waals surface area contributed by atoms with Gasteiger partial charge in [-0.15, -0.1) is 0 Å². The molecule has 51 heavy (non-hydrogen) atoms. The molecule has 1 nitrogen and oxygen atoms in total. The lowest BCUT2D eigenvalue weighted by molar-refractivity contribution is 0.673. The molecule has 10 aromatic carbocycles. The van der Waals surface area contributed by atoms with E-state index in [1.54, 1.807) is 6.07 Å².